The predicted octanol–water partition coefficient (Wildman–Crippen LogP) is 0.589. The Morgan fingerprint density at radius 3 is 2.68 bits per heavy atom. The zero-order valence-electron chi connectivity index (χ0n) is 12.7. The first-order valence-corrected chi connectivity index (χ1v) is 9.01. The average Bonchev–Trinajstić information content (AvgIpc) is 2.54. The summed E-state index contributed by atoms with van der Waals surface area (Å²) in [5.41, 5.74) is 0.469. The standard InChI is InChI=1S/C15H22N2O4S/c1-21-9-10-22(19,20)14-6-4-12(5-7-14)15(18)17-13-3-2-8-16-11-13/h4-7,13,16H,2-3,8-11H2,1H3,(H,17,18). The lowest BCUT2D eigenvalue weighted by Gasteiger charge is -2.23. The predicted molar refractivity (Wildman–Crippen MR) is 83.7 cm³/mol. The largest absolute Gasteiger partial charge is 0.384 e. The van der Waals surface area contributed by atoms with Gasteiger partial charge in [0.25, 0.3) is 5.91 Å². The maximum atomic E-state index is 12.1. The number of rotatable bonds is 6. The van der Waals surface area contributed by atoms with Crippen molar-refractivity contribution in [3.8, 4) is 0 Å². The molecule has 1 aromatic carbocycles. The Kier molecular flexibility index (Phi) is 5.93. The molecular weight excluding hydrogens is 304 g/mol. The number of methoxy groups -OCH3 is 1. The van der Waals surface area contributed by atoms with Gasteiger partial charge in [0, 0.05) is 25.3 Å². The van der Waals surface area contributed by atoms with E-state index in [1.54, 1.807) is 12.1 Å². The van der Waals surface area contributed by atoms with Crippen molar-refractivity contribution >= 4 is 15.7 Å². The van der Waals surface area contributed by atoms with Crippen molar-refractivity contribution in [2.75, 3.05) is 32.6 Å². The fourth-order valence-corrected chi connectivity index (χ4v) is 3.54. The summed E-state index contributed by atoms with van der Waals surface area (Å²) in [7, 11) is -1.90. The summed E-state index contributed by atoms with van der Waals surface area (Å²) in [6, 6.07) is 6.17. The van der Waals surface area contributed by atoms with E-state index in [-0.39, 0.29) is 29.2 Å². The van der Waals surface area contributed by atoms with Crippen LogP contribution in [0.3, 0.4) is 0 Å². The fraction of sp³-hybridized carbons (Fsp3) is 0.533. The molecule has 1 fully saturated rings. The van der Waals surface area contributed by atoms with Crippen LogP contribution in [0, 0.1) is 0 Å². The van der Waals surface area contributed by atoms with Gasteiger partial charge in [-0.15, -0.1) is 0 Å². The monoisotopic (exact) mass is 326 g/mol. The number of ether oxygens (including phenoxy) is 1. The Labute approximate surface area is 131 Å². The van der Waals surface area contributed by atoms with Crippen LogP contribution in [0.4, 0.5) is 0 Å². The molecule has 0 bridgehead atoms. The highest BCUT2D eigenvalue weighted by molar-refractivity contribution is 7.91. The third-order valence-corrected chi connectivity index (χ3v) is 5.36. The molecule has 0 aliphatic carbocycles. The van der Waals surface area contributed by atoms with Crippen LogP contribution in [0.25, 0.3) is 0 Å². The molecule has 122 valence electrons. The molecule has 0 spiro atoms. The lowest BCUT2D eigenvalue weighted by atomic mass is 10.1. The van der Waals surface area contributed by atoms with E-state index in [4.69, 9.17) is 4.74 Å². The average molecular weight is 326 g/mol. The van der Waals surface area contributed by atoms with Crippen LogP contribution < -0.4 is 10.6 Å². The molecule has 1 amide bonds. The van der Waals surface area contributed by atoms with E-state index in [9.17, 15) is 13.2 Å². The number of piperidine rings is 1. The number of amides is 1. The number of carbonyl (C=O) groups excluding carboxylic acids is 1. The number of nitrogens with one attached hydrogen (secondary N) is 2. The molecule has 2 rings (SSSR count). The molecule has 0 radical (unpaired) electrons. The lowest BCUT2D eigenvalue weighted by Crippen LogP contribution is -2.45. The minimum atomic E-state index is -3.36. The van der Waals surface area contributed by atoms with Crippen molar-refractivity contribution in [1.82, 2.24) is 10.6 Å². The van der Waals surface area contributed by atoms with Gasteiger partial charge in [0.2, 0.25) is 0 Å². The van der Waals surface area contributed by atoms with E-state index in [1.807, 2.05) is 0 Å². The number of benzene rings is 1. The highest BCUT2D eigenvalue weighted by Gasteiger charge is 2.18. The van der Waals surface area contributed by atoms with Crippen LogP contribution in [-0.2, 0) is 14.6 Å². The lowest BCUT2D eigenvalue weighted by molar-refractivity contribution is 0.0930. The summed E-state index contributed by atoms with van der Waals surface area (Å²) in [4.78, 5) is 12.3. The van der Waals surface area contributed by atoms with Crippen LogP contribution in [0.15, 0.2) is 29.2 Å². The van der Waals surface area contributed by atoms with Gasteiger partial charge < -0.3 is 15.4 Å². The first-order chi connectivity index (χ1) is 10.5. The van der Waals surface area contributed by atoms with Crippen molar-refractivity contribution in [2.45, 2.75) is 23.8 Å². The maximum absolute atomic E-state index is 12.1. The van der Waals surface area contributed by atoms with E-state index in [0.717, 1.165) is 25.9 Å². The van der Waals surface area contributed by atoms with Crippen molar-refractivity contribution in [3.63, 3.8) is 0 Å². The molecule has 1 unspecified atom stereocenters. The number of carbonyl (C=O) groups is 1. The second-order valence-corrected chi connectivity index (χ2v) is 7.46. The van der Waals surface area contributed by atoms with Crippen LogP contribution in [0.1, 0.15) is 23.2 Å². The number of hydrogen-bond donors (Lipinski definition) is 2. The van der Waals surface area contributed by atoms with Crippen molar-refractivity contribution in [3.05, 3.63) is 29.8 Å². The van der Waals surface area contributed by atoms with Crippen LogP contribution in [0.2, 0.25) is 0 Å². The van der Waals surface area contributed by atoms with Gasteiger partial charge in [-0.3, -0.25) is 4.79 Å². The Bertz CT molecular complexity index is 592. The summed E-state index contributed by atoms with van der Waals surface area (Å²) in [6.07, 6.45) is 2.00. The molecule has 7 heteroatoms. The smallest absolute Gasteiger partial charge is 0.251 e. The second-order valence-electron chi connectivity index (χ2n) is 5.35. The summed E-state index contributed by atoms with van der Waals surface area (Å²) < 4.78 is 28.8. The minimum absolute atomic E-state index is 0.0667. The van der Waals surface area contributed by atoms with Gasteiger partial charge in [-0.25, -0.2) is 8.42 Å². The highest BCUT2D eigenvalue weighted by atomic mass is 32.2. The van der Waals surface area contributed by atoms with Gasteiger partial charge >= 0.3 is 0 Å². The van der Waals surface area contributed by atoms with Crippen molar-refractivity contribution in [1.29, 1.82) is 0 Å². The summed E-state index contributed by atoms with van der Waals surface area (Å²) in [5, 5.41) is 6.19. The quantitative estimate of drug-likeness (QED) is 0.799. The molecule has 2 N–H and O–H groups in total. The van der Waals surface area contributed by atoms with Gasteiger partial charge in [-0.05, 0) is 43.7 Å². The Morgan fingerprint density at radius 1 is 1.36 bits per heavy atom. The molecule has 1 saturated heterocycles. The third-order valence-electron chi connectivity index (χ3n) is 3.66. The summed E-state index contributed by atoms with van der Waals surface area (Å²) in [5.74, 6) is -0.238. The SMILES string of the molecule is COCCS(=O)(=O)c1ccc(C(=O)NC2CCCNC2)cc1. The molecule has 1 aromatic rings. The molecule has 6 nitrogen and oxygen atoms in total. The van der Waals surface area contributed by atoms with Crippen LogP contribution >= 0.6 is 0 Å². The number of hydrogen-bond acceptors (Lipinski definition) is 5. The topological polar surface area (TPSA) is 84.5 Å². The van der Waals surface area contributed by atoms with E-state index in [1.165, 1.54) is 19.2 Å². The third kappa shape index (κ3) is 4.53. The molecule has 1 aliphatic rings. The van der Waals surface area contributed by atoms with Crippen LogP contribution in [-0.4, -0.2) is 52.9 Å². The van der Waals surface area contributed by atoms with E-state index in [0.29, 0.717) is 5.56 Å². The molecule has 0 aromatic heterocycles. The Morgan fingerprint density at radius 2 is 2.09 bits per heavy atom. The van der Waals surface area contributed by atoms with Gasteiger partial charge in [0.05, 0.1) is 17.3 Å². The zero-order valence-corrected chi connectivity index (χ0v) is 13.5. The van der Waals surface area contributed by atoms with E-state index >= 15 is 0 Å². The highest BCUT2D eigenvalue weighted by Crippen LogP contribution is 2.13. The van der Waals surface area contributed by atoms with Crippen molar-refractivity contribution in [2.24, 2.45) is 0 Å². The van der Waals surface area contributed by atoms with Gasteiger partial charge in [-0.2, -0.15) is 0 Å². The number of sulfone groups is 1. The second kappa shape index (κ2) is 7.71. The zero-order chi connectivity index (χ0) is 16.0. The molecule has 0 saturated carbocycles. The van der Waals surface area contributed by atoms with Crippen LogP contribution in [0.5, 0.6) is 0 Å². The fourth-order valence-electron chi connectivity index (χ4n) is 2.37. The maximum Gasteiger partial charge on any atom is 0.251 e. The molecule has 22 heavy (non-hydrogen) atoms. The van der Waals surface area contributed by atoms with E-state index in [2.05, 4.69) is 10.6 Å². The Balaban J connectivity index is 2.00. The molecule has 1 heterocycles. The van der Waals surface area contributed by atoms with E-state index < -0.39 is 9.84 Å². The van der Waals surface area contributed by atoms with Gasteiger partial charge in [-0.1, -0.05) is 0 Å². The molecule has 1 aliphatic heterocycles. The Hall–Kier alpha value is -1.44. The first-order valence-electron chi connectivity index (χ1n) is 7.36. The minimum Gasteiger partial charge on any atom is -0.384 e. The summed E-state index contributed by atoms with van der Waals surface area (Å²) >= 11 is 0. The summed E-state index contributed by atoms with van der Waals surface area (Å²) in [6.45, 7) is 1.91. The van der Waals surface area contributed by atoms with Crippen molar-refractivity contribution < 1.29 is 17.9 Å². The van der Waals surface area contributed by atoms with Gasteiger partial charge in [0.1, 0.15) is 0 Å². The molecular formula is C15H22N2O4S. The van der Waals surface area contributed by atoms with Gasteiger partial charge in [0.15, 0.2) is 9.84 Å². The first kappa shape index (κ1) is 16.9. The normalized spacial score (nSPS) is 18.9. The molecule has 1 atom stereocenters.